The largest absolute Gasteiger partial charge is 0.481 e. The summed E-state index contributed by atoms with van der Waals surface area (Å²) in [5, 5.41) is 21.0. The molecule has 0 saturated carbocycles. The van der Waals surface area contributed by atoms with E-state index < -0.39 is 83.7 Å². The summed E-state index contributed by atoms with van der Waals surface area (Å²) in [6, 6.07) is 1.25. The third kappa shape index (κ3) is 30.0. The number of phosphoric ester groups is 2. The molecule has 2 aliphatic rings. The number of allylic oxidation sites excluding steroid dienone is 5. The van der Waals surface area contributed by atoms with E-state index in [0.717, 1.165) is 68.0 Å². The second kappa shape index (κ2) is 37.7. The second-order valence-corrected chi connectivity index (χ2v) is 23.0. The fraction of sp³-hybridized carbons (Fsp3) is 0.774. The van der Waals surface area contributed by atoms with Crippen molar-refractivity contribution < 1.29 is 71.0 Å². The first-order valence-electron chi connectivity index (χ1n) is 27.5. The number of aromatic nitrogens is 2. The van der Waals surface area contributed by atoms with Crippen LogP contribution in [-0.4, -0.2) is 97.9 Å². The van der Waals surface area contributed by atoms with Gasteiger partial charge in [0.2, 0.25) is 0 Å². The van der Waals surface area contributed by atoms with Crippen LogP contribution in [0.4, 0.5) is 5.82 Å². The number of rotatable bonds is 44. The second-order valence-electron chi connectivity index (χ2n) is 20.0. The number of carbonyl (C=O) groups is 2. The third-order valence-electron chi connectivity index (χ3n) is 12.8. The number of carbonyl (C=O) groups excluding carboxylic acids is 2. The Morgan fingerprint density at radius 1 is 0.716 bits per heavy atom. The van der Waals surface area contributed by atoms with Crippen molar-refractivity contribution in [3.05, 3.63) is 59.2 Å². The van der Waals surface area contributed by atoms with Crippen molar-refractivity contribution in [2.45, 2.75) is 237 Å². The first-order chi connectivity index (χ1) is 35.5. The molecule has 0 aliphatic carbocycles. The molecule has 1 aromatic heterocycles. The van der Waals surface area contributed by atoms with E-state index in [-0.39, 0.29) is 30.9 Å². The lowest BCUT2D eigenvalue weighted by Gasteiger charge is -2.21. The quantitative estimate of drug-likeness (QED) is 0.0133. The van der Waals surface area contributed by atoms with Gasteiger partial charge in [-0.3, -0.25) is 23.2 Å². The van der Waals surface area contributed by atoms with Crippen LogP contribution >= 0.6 is 15.6 Å². The normalized spacial score (nSPS) is 21.9. The van der Waals surface area contributed by atoms with Gasteiger partial charge in [-0.15, -0.1) is 0 Å². The molecule has 9 atom stereocenters. The van der Waals surface area contributed by atoms with Crippen molar-refractivity contribution >= 4 is 33.4 Å². The third-order valence-corrected chi connectivity index (χ3v) is 15.4. The highest BCUT2D eigenvalue weighted by molar-refractivity contribution is 7.61. The predicted octanol–water partition coefficient (Wildman–Crippen LogP) is 10.8. The van der Waals surface area contributed by atoms with Gasteiger partial charge in [-0.1, -0.05) is 166 Å². The molecule has 2 aliphatic heterocycles. The molecule has 1 aromatic rings. The van der Waals surface area contributed by atoms with Crippen LogP contribution in [0.1, 0.15) is 200 Å². The Hall–Kier alpha value is -3.06. The van der Waals surface area contributed by atoms with Crippen molar-refractivity contribution in [1.82, 2.24) is 9.55 Å². The van der Waals surface area contributed by atoms with E-state index in [4.69, 9.17) is 33.7 Å². The molecule has 74 heavy (non-hydrogen) atoms. The molecular weight excluding hydrogens is 997 g/mol. The molecule has 0 spiro atoms. The van der Waals surface area contributed by atoms with Gasteiger partial charge in [0.1, 0.15) is 30.7 Å². The highest BCUT2D eigenvalue weighted by Crippen LogP contribution is 2.60. The SMILES string of the molecule is CCCCC/C=C\C/C=C\C/C=C\CC1OC1CCCC(=O)O[C@H](COC(=O)CCCCCCCCCCCCCCCCCC(C)C)COP(=O)(O)OP(=O)(O)OC[C@H]1O[C@@H](n2ccc(N)nc2=O)[C@H](O)[C@@H]1O. The Morgan fingerprint density at radius 2 is 1.30 bits per heavy atom. The average molecular weight is 1090 g/mol. The summed E-state index contributed by atoms with van der Waals surface area (Å²) >= 11 is 0. The van der Waals surface area contributed by atoms with Gasteiger partial charge in [0.15, 0.2) is 12.3 Å². The minimum atomic E-state index is -5.44. The monoisotopic (exact) mass is 1090 g/mol. The Bertz CT molecular complexity index is 1970. The van der Waals surface area contributed by atoms with Gasteiger partial charge in [-0.25, -0.2) is 13.9 Å². The molecule has 3 rings (SSSR count). The van der Waals surface area contributed by atoms with Crippen LogP contribution < -0.4 is 11.4 Å². The highest BCUT2D eigenvalue weighted by atomic mass is 31.3. The van der Waals surface area contributed by atoms with Crippen molar-refractivity contribution in [3.63, 3.8) is 0 Å². The van der Waals surface area contributed by atoms with Gasteiger partial charge in [0.05, 0.1) is 25.4 Å². The maximum absolute atomic E-state index is 13.0. The van der Waals surface area contributed by atoms with Crippen LogP contribution in [0.5, 0.6) is 0 Å². The fourth-order valence-corrected chi connectivity index (χ4v) is 10.6. The molecule has 0 amide bonds. The summed E-state index contributed by atoms with van der Waals surface area (Å²) in [5.41, 5.74) is 4.59. The fourth-order valence-electron chi connectivity index (χ4n) is 8.47. The number of epoxide rings is 1. The summed E-state index contributed by atoms with van der Waals surface area (Å²) in [7, 11) is -10.9. The summed E-state index contributed by atoms with van der Waals surface area (Å²) in [6.07, 6.45) is 33.8. The minimum absolute atomic E-state index is 0.00548. The minimum Gasteiger partial charge on any atom is -0.462 e. The van der Waals surface area contributed by atoms with Crippen molar-refractivity contribution in [2.24, 2.45) is 5.92 Å². The van der Waals surface area contributed by atoms with Gasteiger partial charge in [0, 0.05) is 19.0 Å². The molecule has 3 heterocycles. The standard InChI is InChI=1S/C53H91N3O16P2/c1-4-5-6-7-8-9-10-17-20-23-26-29-33-44-45(70-44)34-31-36-49(58)69-43(39-66-48(57)35-30-27-24-21-18-15-13-11-12-14-16-19-22-25-28-32-42(2)3)40-67-73(62,63)72-74(64,65)68-41-46-50(59)51(60)52(71-46)56-38-37-47(54)55-53(56)61/h8-9,17,20,26,29,37-38,42-46,50-52,59-60H,4-7,10-16,18-19,21-25,27-28,30-36,39-41H2,1-3H3,(H,62,63)(H,64,65)(H2,54,55,61)/b9-8-,20-17-,29-26-/t43-,44?,45?,46-,50-,51-,52-/m1/s1. The number of anilines is 1. The van der Waals surface area contributed by atoms with Gasteiger partial charge in [-0.2, -0.15) is 9.29 Å². The molecule has 21 heteroatoms. The number of aliphatic hydroxyl groups excluding tert-OH is 2. The van der Waals surface area contributed by atoms with E-state index in [1.807, 2.05) is 0 Å². The van der Waals surface area contributed by atoms with E-state index in [1.165, 1.54) is 96.0 Å². The average Bonchev–Trinajstić information content (AvgIpc) is 4.03. The smallest absolute Gasteiger partial charge is 0.462 e. The van der Waals surface area contributed by atoms with E-state index in [2.05, 4.69) is 66.5 Å². The zero-order valence-corrected chi connectivity index (χ0v) is 46.3. The van der Waals surface area contributed by atoms with E-state index in [0.29, 0.717) is 19.3 Å². The topological polar surface area (TPSA) is 278 Å². The molecule has 0 radical (unpaired) electrons. The Morgan fingerprint density at radius 3 is 1.92 bits per heavy atom. The molecule has 4 unspecified atom stereocenters. The number of nitrogens with two attached hydrogens (primary N) is 1. The number of hydrogen-bond acceptors (Lipinski definition) is 16. The van der Waals surface area contributed by atoms with Crippen molar-refractivity contribution in [3.8, 4) is 0 Å². The molecule has 2 fully saturated rings. The number of nitrogens with zero attached hydrogens (tertiary/aromatic N) is 2. The number of nitrogen functional groups attached to an aromatic ring is 1. The van der Waals surface area contributed by atoms with Crippen molar-refractivity contribution in [1.29, 1.82) is 0 Å². The molecule has 424 valence electrons. The first kappa shape index (κ1) is 65.2. The highest BCUT2D eigenvalue weighted by Gasteiger charge is 2.46. The predicted molar refractivity (Wildman–Crippen MR) is 284 cm³/mol. The molecule has 0 bridgehead atoms. The Labute approximate surface area is 440 Å². The number of phosphoric acid groups is 2. The van der Waals surface area contributed by atoms with Crippen LogP contribution in [0.3, 0.4) is 0 Å². The van der Waals surface area contributed by atoms with Crippen LogP contribution in [0.15, 0.2) is 53.5 Å². The molecule has 6 N–H and O–H groups in total. The molecular formula is C53H91N3O16P2. The first-order valence-corrected chi connectivity index (χ1v) is 30.5. The zero-order valence-electron chi connectivity index (χ0n) is 44.5. The van der Waals surface area contributed by atoms with Crippen LogP contribution in [0.2, 0.25) is 0 Å². The lowest BCUT2D eigenvalue weighted by molar-refractivity contribution is -0.161. The van der Waals surface area contributed by atoms with E-state index in [1.54, 1.807) is 0 Å². The molecule has 19 nitrogen and oxygen atoms in total. The van der Waals surface area contributed by atoms with Crippen LogP contribution in [0, 0.1) is 5.92 Å². The maximum Gasteiger partial charge on any atom is 0.481 e. The van der Waals surface area contributed by atoms with Gasteiger partial charge >= 0.3 is 33.3 Å². The zero-order chi connectivity index (χ0) is 54.0. The van der Waals surface area contributed by atoms with Crippen LogP contribution in [0.25, 0.3) is 0 Å². The lowest BCUT2D eigenvalue weighted by atomic mass is 10.0. The number of ether oxygens (including phenoxy) is 4. The van der Waals surface area contributed by atoms with Crippen molar-refractivity contribution in [2.75, 3.05) is 25.6 Å². The summed E-state index contributed by atoms with van der Waals surface area (Å²) < 4.78 is 62.7. The Balaban J connectivity index is 1.39. The number of hydrogen-bond donors (Lipinski definition) is 5. The summed E-state index contributed by atoms with van der Waals surface area (Å²) in [6.45, 7) is 4.41. The van der Waals surface area contributed by atoms with E-state index >= 15 is 0 Å². The number of aliphatic hydroxyl groups is 2. The molecule has 0 aromatic carbocycles. The summed E-state index contributed by atoms with van der Waals surface area (Å²) in [4.78, 5) is 62.2. The summed E-state index contributed by atoms with van der Waals surface area (Å²) in [5.74, 6) is -0.566. The van der Waals surface area contributed by atoms with Crippen LogP contribution in [-0.2, 0) is 51.0 Å². The lowest BCUT2D eigenvalue weighted by Crippen LogP contribution is -2.36. The Kier molecular flexibility index (Phi) is 33.2. The van der Waals surface area contributed by atoms with Gasteiger partial charge in [-0.05, 0) is 63.4 Å². The molecule has 2 saturated heterocycles. The maximum atomic E-state index is 13.0. The van der Waals surface area contributed by atoms with Gasteiger partial charge in [0.25, 0.3) is 0 Å². The number of esters is 2. The van der Waals surface area contributed by atoms with E-state index in [9.17, 15) is 43.5 Å². The van der Waals surface area contributed by atoms with Gasteiger partial charge < -0.3 is 44.7 Å². The number of unbranched alkanes of at least 4 members (excludes halogenated alkanes) is 17.